The first-order valence-corrected chi connectivity index (χ1v) is 12.7. The Balaban J connectivity index is 1.32. The minimum atomic E-state index is -2.25. The molecule has 1 saturated heterocycles. The number of rotatable bonds is 6. The van der Waals surface area contributed by atoms with Crippen molar-refractivity contribution in [2.45, 2.75) is 32.2 Å². The highest BCUT2D eigenvalue weighted by Gasteiger charge is 2.28. The van der Waals surface area contributed by atoms with Crippen LogP contribution in [0.3, 0.4) is 0 Å². The van der Waals surface area contributed by atoms with Crippen LogP contribution in [0.15, 0.2) is 36.8 Å². The third-order valence-electron chi connectivity index (χ3n) is 6.66. The fraction of sp³-hybridized carbons (Fsp3) is 0.435. The second kappa shape index (κ2) is 10.3. The third kappa shape index (κ3) is 5.29. The molecule has 5 heterocycles. The highest BCUT2D eigenvalue weighted by molar-refractivity contribution is 7.77. The molecule has 0 saturated carbocycles. The monoisotopic (exact) mass is 497 g/mol. The van der Waals surface area contributed by atoms with E-state index in [0.717, 1.165) is 24.1 Å². The van der Waals surface area contributed by atoms with E-state index in [9.17, 15) is 13.2 Å². The molecule has 12 heteroatoms. The zero-order valence-corrected chi connectivity index (χ0v) is 20.1. The summed E-state index contributed by atoms with van der Waals surface area (Å²) in [5, 5.41) is 0. The quantitative estimate of drug-likeness (QED) is 0.511. The molecule has 0 radical (unpaired) electrons. The Kier molecular flexibility index (Phi) is 6.93. The average Bonchev–Trinajstić information content (AvgIpc) is 2.88. The van der Waals surface area contributed by atoms with Gasteiger partial charge in [-0.15, -0.1) is 0 Å². The van der Waals surface area contributed by atoms with Crippen molar-refractivity contribution in [2.24, 2.45) is 5.92 Å². The molecule has 0 aliphatic carbocycles. The van der Waals surface area contributed by atoms with Crippen LogP contribution < -0.4 is 14.5 Å². The minimum Gasteiger partial charge on any atom is -0.760 e. The summed E-state index contributed by atoms with van der Waals surface area (Å²) in [5.74, 6) is 2.10. The summed E-state index contributed by atoms with van der Waals surface area (Å²) in [6.45, 7) is 4.52. The Morgan fingerprint density at radius 1 is 1.09 bits per heavy atom. The molecule has 2 aliphatic rings. The maximum absolute atomic E-state index is 14.7. The number of nitrogens with zero attached hydrogens (tertiary/aromatic N) is 7. The van der Waals surface area contributed by atoms with E-state index in [4.69, 9.17) is 9.97 Å². The molecule has 5 rings (SSSR count). The van der Waals surface area contributed by atoms with E-state index >= 15 is 0 Å². The average molecular weight is 498 g/mol. The Bertz CT molecular complexity index is 1210. The van der Waals surface area contributed by atoms with Gasteiger partial charge in [0.2, 0.25) is 0 Å². The fourth-order valence-electron chi connectivity index (χ4n) is 4.73. The predicted molar refractivity (Wildman–Crippen MR) is 129 cm³/mol. The van der Waals surface area contributed by atoms with Crippen molar-refractivity contribution in [1.82, 2.24) is 29.6 Å². The molecule has 1 fully saturated rings. The molecule has 1 N–H and O–H groups in total. The summed E-state index contributed by atoms with van der Waals surface area (Å²) in [4.78, 5) is 26.6. The molecule has 0 aromatic carbocycles. The van der Waals surface area contributed by atoms with Gasteiger partial charge in [0.15, 0.2) is 11.6 Å². The number of aromatic nitrogens is 5. The second-order valence-corrected chi connectivity index (χ2v) is 9.56. The first-order chi connectivity index (χ1) is 17.0. The molecule has 184 valence electrons. The smallest absolute Gasteiger partial charge is 0.197 e. The van der Waals surface area contributed by atoms with Gasteiger partial charge in [0.1, 0.15) is 17.5 Å². The third-order valence-corrected chi connectivity index (χ3v) is 7.06. The van der Waals surface area contributed by atoms with Crippen LogP contribution in [0.2, 0.25) is 0 Å². The summed E-state index contributed by atoms with van der Waals surface area (Å²) < 4.78 is 38.6. The zero-order chi connectivity index (χ0) is 24.4. The van der Waals surface area contributed by atoms with Crippen LogP contribution in [0, 0.1) is 11.7 Å². The Hall–Kier alpha value is -3.09. The van der Waals surface area contributed by atoms with E-state index in [-0.39, 0.29) is 17.8 Å². The summed E-state index contributed by atoms with van der Waals surface area (Å²) in [5.41, 5.74) is 1.92. The first kappa shape index (κ1) is 23.6. The zero-order valence-electron chi connectivity index (χ0n) is 19.3. The van der Waals surface area contributed by atoms with Gasteiger partial charge < -0.3 is 14.4 Å². The number of nitrogens with one attached hydrogen (secondary N) is 1. The normalized spacial score (nSPS) is 19.5. The van der Waals surface area contributed by atoms with Crippen molar-refractivity contribution >= 4 is 22.9 Å². The van der Waals surface area contributed by atoms with E-state index in [1.807, 2.05) is 6.92 Å². The highest BCUT2D eigenvalue weighted by atomic mass is 32.2. The van der Waals surface area contributed by atoms with Crippen molar-refractivity contribution in [3.05, 3.63) is 53.9 Å². The van der Waals surface area contributed by atoms with E-state index in [1.54, 1.807) is 24.7 Å². The molecule has 0 bridgehead atoms. The number of hydrogen-bond donors (Lipinski definition) is 1. The number of fused-ring (bicyclic) bond motifs is 1. The van der Waals surface area contributed by atoms with Gasteiger partial charge in [-0.05, 0) is 31.7 Å². The van der Waals surface area contributed by atoms with Crippen molar-refractivity contribution in [2.75, 3.05) is 36.0 Å². The van der Waals surface area contributed by atoms with Gasteiger partial charge in [0.05, 0.1) is 11.7 Å². The van der Waals surface area contributed by atoms with Gasteiger partial charge in [0.25, 0.3) is 0 Å². The van der Waals surface area contributed by atoms with Crippen LogP contribution in [0.1, 0.15) is 37.1 Å². The van der Waals surface area contributed by atoms with Crippen LogP contribution in [-0.4, -0.2) is 59.9 Å². The highest BCUT2D eigenvalue weighted by Crippen LogP contribution is 2.34. The van der Waals surface area contributed by atoms with Crippen LogP contribution in [0.4, 0.5) is 16.0 Å². The summed E-state index contributed by atoms with van der Waals surface area (Å²) in [7, 11) is 0. The van der Waals surface area contributed by atoms with Crippen LogP contribution >= 0.6 is 0 Å². The minimum absolute atomic E-state index is 0.0728. The summed E-state index contributed by atoms with van der Waals surface area (Å²) >= 11 is -2.25. The molecule has 10 nitrogen and oxygen atoms in total. The number of piperidine rings is 1. The maximum Gasteiger partial charge on any atom is 0.197 e. The van der Waals surface area contributed by atoms with Crippen LogP contribution in [-0.2, 0) is 17.7 Å². The van der Waals surface area contributed by atoms with Crippen molar-refractivity contribution in [3.63, 3.8) is 0 Å². The molecule has 3 aromatic rings. The van der Waals surface area contributed by atoms with Crippen molar-refractivity contribution in [1.29, 1.82) is 0 Å². The lowest BCUT2D eigenvalue weighted by atomic mass is 9.97. The van der Waals surface area contributed by atoms with Crippen LogP contribution in [0.5, 0.6) is 0 Å². The van der Waals surface area contributed by atoms with E-state index in [0.29, 0.717) is 55.9 Å². The molecule has 2 atom stereocenters. The molecule has 2 unspecified atom stereocenters. The molecule has 0 amide bonds. The topological polar surface area (TPSA) is 123 Å². The fourth-order valence-corrected chi connectivity index (χ4v) is 5.10. The van der Waals surface area contributed by atoms with Gasteiger partial charge in [-0.25, -0.2) is 34.0 Å². The summed E-state index contributed by atoms with van der Waals surface area (Å²) in [6, 6.07) is 4.61. The van der Waals surface area contributed by atoms with Crippen molar-refractivity contribution in [3.8, 4) is 11.6 Å². The largest absolute Gasteiger partial charge is 0.760 e. The molecular formula is C23H26FN8O2S-. The van der Waals surface area contributed by atoms with Crippen LogP contribution in [0.25, 0.3) is 11.6 Å². The molecule has 2 aliphatic heterocycles. The lowest BCUT2D eigenvalue weighted by molar-refractivity contribution is 0.397. The van der Waals surface area contributed by atoms with E-state index in [2.05, 4.69) is 29.5 Å². The molecule has 35 heavy (non-hydrogen) atoms. The maximum atomic E-state index is 14.7. The lowest BCUT2D eigenvalue weighted by Crippen LogP contribution is -2.39. The number of pyridine rings is 1. The predicted octanol–water partition coefficient (Wildman–Crippen LogP) is 2.19. The number of halogens is 1. The lowest BCUT2D eigenvalue weighted by Gasteiger charge is -2.37. The Morgan fingerprint density at radius 2 is 1.83 bits per heavy atom. The summed E-state index contributed by atoms with van der Waals surface area (Å²) in [6.07, 6.45) is 7.44. The standard InChI is InChI=1S/C23H27FN8O2S/c1-15-18-14-27-23(22-25-6-2-7-26-22)29-19(18)5-10-32(15)21-12-17(24)11-20(30-21)31-8-3-16(4-9-31)13-28-35(33)34/h2,6-7,11-12,14-16,28H,3-5,8-10,13H2,1H3,(H,33,34)/p-1. The first-order valence-electron chi connectivity index (χ1n) is 11.6. The molecular weight excluding hydrogens is 471 g/mol. The van der Waals surface area contributed by atoms with Crippen molar-refractivity contribution < 1.29 is 13.2 Å². The SMILES string of the molecule is CC1c2cnc(-c3ncccn3)nc2CCN1c1cc(F)cc(N2CCC(CNS(=O)[O-])CC2)n1. The van der Waals surface area contributed by atoms with Gasteiger partial charge >= 0.3 is 0 Å². The Labute approximate surface area is 205 Å². The Morgan fingerprint density at radius 3 is 2.57 bits per heavy atom. The van der Waals surface area contributed by atoms with Gasteiger partial charge in [-0.1, -0.05) is 0 Å². The van der Waals surface area contributed by atoms with Gasteiger partial charge in [0, 0.05) is 80.2 Å². The number of anilines is 2. The number of hydrogen-bond acceptors (Lipinski definition) is 9. The van der Waals surface area contributed by atoms with Gasteiger partial charge in [-0.3, -0.25) is 4.21 Å². The van der Waals surface area contributed by atoms with Gasteiger partial charge in [-0.2, -0.15) is 0 Å². The van der Waals surface area contributed by atoms with E-state index in [1.165, 1.54) is 12.1 Å². The second-order valence-electron chi connectivity index (χ2n) is 8.80. The molecule has 3 aromatic heterocycles. The molecule has 0 spiro atoms. The van der Waals surface area contributed by atoms with E-state index < -0.39 is 11.3 Å².